The van der Waals surface area contributed by atoms with Crippen LogP contribution in [0.15, 0.2) is 11.8 Å². The van der Waals surface area contributed by atoms with Crippen molar-refractivity contribution >= 4 is 5.97 Å². The topological polar surface area (TPSA) is 40.5 Å². The second-order valence-corrected chi connectivity index (χ2v) is 3.38. The van der Waals surface area contributed by atoms with Gasteiger partial charge in [0.15, 0.2) is 0 Å². The molecule has 0 aliphatic heterocycles. The first-order valence-electron chi connectivity index (χ1n) is 4.68. The molecule has 0 aromatic heterocycles. The number of carbonyl (C=O) groups is 1. The summed E-state index contributed by atoms with van der Waals surface area (Å²) in [6.45, 7) is 2.11. The zero-order chi connectivity index (χ0) is 10.3. The Morgan fingerprint density at radius 1 is 1.38 bits per heavy atom. The van der Waals surface area contributed by atoms with Crippen LogP contribution in [-0.4, -0.2) is 30.1 Å². The molecule has 1 N–H and O–H groups in total. The molecule has 0 fully saturated rings. The maximum absolute atomic E-state index is 10.7. The Balaban J connectivity index is 4.03. The summed E-state index contributed by atoms with van der Waals surface area (Å²) in [5.41, 5.74) is 0.499. The third-order valence-corrected chi connectivity index (χ3v) is 1.74. The summed E-state index contributed by atoms with van der Waals surface area (Å²) in [7, 11) is 3.67. The largest absolute Gasteiger partial charge is 0.478 e. The van der Waals surface area contributed by atoms with Gasteiger partial charge in [-0.25, -0.2) is 4.79 Å². The normalized spacial score (nSPS) is 11.5. The van der Waals surface area contributed by atoms with E-state index in [0.717, 1.165) is 19.3 Å². The number of rotatable bonds is 6. The highest BCUT2D eigenvalue weighted by molar-refractivity contribution is 5.86. The average molecular weight is 185 g/mol. The molecule has 0 atom stereocenters. The zero-order valence-corrected chi connectivity index (χ0v) is 8.71. The van der Waals surface area contributed by atoms with Crippen molar-refractivity contribution in [1.82, 2.24) is 4.90 Å². The molecule has 0 aromatic rings. The predicted molar refractivity (Wildman–Crippen MR) is 53.5 cm³/mol. The molecule has 3 heteroatoms. The van der Waals surface area contributed by atoms with Crippen LogP contribution in [0.2, 0.25) is 0 Å². The SMILES string of the molecule is CCCCCC(=CN(C)C)C(=O)O. The summed E-state index contributed by atoms with van der Waals surface area (Å²) in [4.78, 5) is 12.5. The van der Waals surface area contributed by atoms with Crippen LogP contribution in [0.3, 0.4) is 0 Å². The fraction of sp³-hybridized carbons (Fsp3) is 0.700. The highest BCUT2D eigenvalue weighted by atomic mass is 16.4. The van der Waals surface area contributed by atoms with Gasteiger partial charge in [0.05, 0.1) is 5.57 Å². The molecule has 0 spiro atoms. The molecule has 0 bridgehead atoms. The van der Waals surface area contributed by atoms with E-state index in [9.17, 15) is 4.79 Å². The maximum atomic E-state index is 10.7. The van der Waals surface area contributed by atoms with Crippen LogP contribution in [0.1, 0.15) is 32.6 Å². The van der Waals surface area contributed by atoms with Crippen LogP contribution < -0.4 is 0 Å². The van der Waals surface area contributed by atoms with Gasteiger partial charge in [-0.2, -0.15) is 0 Å². The molecular formula is C10H19NO2. The van der Waals surface area contributed by atoms with Gasteiger partial charge >= 0.3 is 5.97 Å². The van der Waals surface area contributed by atoms with E-state index in [2.05, 4.69) is 6.92 Å². The summed E-state index contributed by atoms with van der Waals surface area (Å²) >= 11 is 0. The Kier molecular flexibility index (Phi) is 6.02. The van der Waals surface area contributed by atoms with E-state index in [-0.39, 0.29) is 0 Å². The van der Waals surface area contributed by atoms with E-state index in [1.165, 1.54) is 0 Å². The van der Waals surface area contributed by atoms with Crippen molar-refractivity contribution in [3.63, 3.8) is 0 Å². The number of carboxylic acids is 1. The van der Waals surface area contributed by atoms with Gasteiger partial charge in [0.1, 0.15) is 0 Å². The van der Waals surface area contributed by atoms with Crippen LogP contribution in [0.25, 0.3) is 0 Å². The Morgan fingerprint density at radius 2 is 2.00 bits per heavy atom. The fourth-order valence-corrected chi connectivity index (χ4v) is 1.10. The summed E-state index contributed by atoms with van der Waals surface area (Å²) in [6, 6.07) is 0. The highest BCUT2D eigenvalue weighted by Gasteiger charge is 2.06. The predicted octanol–water partition coefficient (Wildman–Crippen LogP) is 2.10. The van der Waals surface area contributed by atoms with Crippen molar-refractivity contribution in [2.45, 2.75) is 32.6 Å². The molecule has 0 aliphatic carbocycles. The van der Waals surface area contributed by atoms with Crippen LogP contribution in [0.5, 0.6) is 0 Å². The molecule has 0 aromatic carbocycles. The van der Waals surface area contributed by atoms with Gasteiger partial charge in [-0.1, -0.05) is 19.8 Å². The van der Waals surface area contributed by atoms with Crippen LogP contribution >= 0.6 is 0 Å². The van der Waals surface area contributed by atoms with E-state index >= 15 is 0 Å². The van der Waals surface area contributed by atoms with E-state index in [0.29, 0.717) is 12.0 Å². The average Bonchev–Trinajstić information content (AvgIpc) is 2.02. The Hall–Kier alpha value is -0.990. The minimum absolute atomic E-state index is 0.499. The number of aliphatic carboxylic acids is 1. The molecule has 13 heavy (non-hydrogen) atoms. The van der Waals surface area contributed by atoms with E-state index in [1.807, 2.05) is 14.1 Å². The van der Waals surface area contributed by atoms with Crippen LogP contribution in [-0.2, 0) is 4.79 Å². The second kappa shape index (κ2) is 6.52. The molecule has 0 heterocycles. The number of unbranched alkanes of at least 4 members (excludes halogenated alkanes) is 2. The monoisotopic (exact) mass is 185 g/mol. The summed E-state index contributed by atoms with van der Waals surface area (Å²) in [5, 5.41) is 8.83. The number of hydrogen-bond acceptors (Lipinski definition) is 2. The van der Waals surface area contributed by atoms with Gasteiger partial charge in [-0.3, -0.25) is 0 Å². The quantitative estimate of drug-likeness (QED) is 0.509. The summed E-state index contributed by atoms with van der Waals surface area (Å²) < 4.78 is 0. The standard InChI is InChI=1S/C10H19NO2/c1-4-5-6-7-9(10(12)13)8-11(2)3/h8H,4-7H2,1-3H3,(H,12,13). The molecular weight excluding hydrogens is 166 g/mol. The number of carboxylic acid groups (broad SMARTS) is 1. The van der Waals surface area contributed by atoms with Crippen molar-refractivity contribution in [2.24, 2.45) is 0 Å². The van der Waals surface area contributed by atoms with E-state index in [1.54, 1.807) is 11.1 Å². The van der Waals surface area contributed by atoms with Gasteiger partial charge in [-0.15, -0.1) is 0 Å². The second-order valence-electron chi connectivity index (χ2n) is 3.38. The third-order valence-electron chi connectivity index (χ3n) is 1.74. The molecule has 76 valence electrons. The van der Waals surface area contributed by atoms with Gasteiger partial charge in [-0.05, 0) is 12.8 Å². The molecule has 0 radical (unpaired) electrons. The molecule has 0 amide bonds. The smallest absolute Gasteiger partial charge is 0.333 e. The van der Waals surface area contributed by atoms with Crippen LogP contribution in [0, 0.1) is 0 Å². The minimum Gasteiger partial charge on any atom is -0.478 e. The van der Waals surface area contributed by atoms with Crippen molar-refractivity contribution in [1.29, 1.82) is 0 Å². The maximum Gasteiger partial charge on any atom is 0.333 e. The number of nitrogens with zero attached hydrogens (tertiary/aromatic N) is 1. The summed E-state index contributed by atoms with van der Waals surface area (Å²) in [6.07, 6.45) is 5.52. The fourth-order valence-electron chi connectivity index (χ4n) is 1.10. The number of hydrogen-bond donors (Lipinski definition) is 1. The lowest BCUT2D eigenvalue weighted by atomic mass is 10.1. The minimum atomic E-state index is -0.801. The van der Waals surface area contributed by atoms with Crippen molar-refractivity contribution in [2.75, 3.05) is 14.1 Å². The molecule has 0 saturated carbocycles. The zero-order valence-electron chi connectivity index (χ0n) is 8.71. The first-order chi connectivity index (χ1) is 6.07. The Bertz CT molecular complexity index is 185. The Morgan fingerprint density at radius 3 is 2.38 bits per heavy atom. The lowest BCUT2D eigenvalue weighted by Gasteiger charge is -2.08. The van der Waals surface area contributed by atoms with Crippen molar-refractivity contribution < 1.29 is 9.90 Å². The molecule has 0 aliphatic rings. The van der Waals surface area contributed by atoms with E-state index < -0.39 is 5.97 Å². The molecule has 0 unspecified atom stereocenters. The van der Waals surface area contributed by atoms with Crippen molar-refractivity contribution in [3.05, 3.63) is 11.8 Å². The van der Waals surface area contributed by atoms with Gasteiger partial charge in [0.2, 0.25) is 0 Å². The van der Waals surface area contributed by atoms with Gasteiger partial charge < -0.3 is 10.0 Å². The lowest BCUT2D eigenvalue weighted by molar-refractivity contribution is -0.132. The molecule has 3 nitrogen and oxygen atoms in total. The Labute approximate surface area is 80.0 Å². The van der Waals surface area contributed by atoms with Crippen molar-refractivity contribution in [3.8, 4) is 0 Å². The van der Waals surface area contributed by atoms with Crippen LogP contribution in [0.4, 0.5) is 0 Å². The van der Waals surface area contributed by atoms with Gasteiger partial charge in [0, 0.05) is 20.3 Å². The first kappa shape index (κ1) is 12.0. The third kappa shape index (κ3) is 6.20. The molecule has 0 rings (SSSR count). The first-order valence-corrected chi connectivity index (χ1v) is 4.68. The van der Waals surface area contributed by atoms with E-state index in [4.69, 9.17) is 5.11 Å². The highest BCUT2D eigenvalue weighted by Crippen LogP contribution is 2.09. The summed E-state index contributed by atoms with van der Waals surface area (Å²) in [5.74, 6) is -0.801. The molecule has 0 saturated heterocycles. The van der Waals surface area contributed by atoms with Gasteiger partial charge in [0.25, 0.3) is 0 Å². The lowest BCUT2D eigenvalue weighted by Crippen LogP contribution is -2.08.